The molecule has 0 atom stereocenters. The number of rotatable bonds is 2. The lowest BCUT2D eigenvalue weighted by Crippen LogP contribution is -2.29. The van der Waals surface area contributed by atoms with Crippen LogP contribution in [0.25, 0.3) is 0 Å². The van der Waals surface area contributed by atoms with E-state index in [1.54, 1.807) is 0 Å². The Morgan fingerprint density at radius 3 is 1.88 bits per heavy atom. The molecule has 0 aromatic heterocycles. The minimum Gasteiger partial charge on any atom is -0.227 e. The minimum atomic E-state index is -3.29. The quantitative estimate of drug-likeness (QED) is 0.357. The van der Waals surface area contributed by atoms with Crippen LogP contribution in [0.1, 0.15) is 0 Å². The van der Waals surface area contributed by atoms with Crippen LogP contribution in [0.3, 0.4) is 0 Å². The average Bonchev–Trinajstić information content (AvgIpc) is 1.62. The van der Waals surface area contributed by atoms with Gasteiger partial charge in [0.15, 0.2) is 0 Å². The number of carbonyl (C=O) groups is 1. The van der Waals surface area contributed by atoms with Gasteiger partial charge in [0.2, 0.25) is 0 Å². The molecular weight excluding hydrogens is 130 g/mol. The number of hydrogen-bond donors (Lipinski definition) is 0. The lowest BCUT2D eigenvalue weighted by atomic mass is 11.2. The molecule has 0 aliphatic rings. The summed E-state index contributed by atoms with van der Waals surface area (Å²) in [5.41, 5.74) is 0. The van der Waals surface area contributed by atoms with Crippen LogP contribution in [0.4, 0.5) is 0 Å². The summed E-state index contributed by atoms with van der Waals surface area (Å²) in [6.45, 7) is 0. The van der Waals surface area contributed by atoms with E-state index in [0.29, 0.717) is 4.31 Å². The topological polar surface area (TPSA) is 57.1 Å². The van der Waals surface area contributed by atoms with Gasteiger partial charge in [0.05, 0.1) is 6.26 Å². The third-order valence-corrected chi connectivity index (χ3v) is 1.80. The Kier molecular flexibility index (Phi) is 2.12. The first-order valence-electron chi connectivity index (χ1n) is 1.87. The summed E-state index contributed by atoms with van der Waals surface area (Å²) in [5.74, 6) is 0. The fraction of sp³-hybridized carbons (Fsp3) is 0.667. The van der Waals surface area contributed by atoms with Crippen molar-refractivity contribution >= 4 is 16.4 Å². The Morgan fingerprint density at radius 2 is 1.88 bits per heavy atom. The van der Waals surface area contributed by atoms with Crippen molar-refractivity contribution in [3.8, 4) is 0 Å². The zero-order valence-corrected chi connectivity index (χ0v) is 5.47. The molecule has 0 N–H and O–H groups in total. The molecule has 0 bridgehead atoms. The van der Waals surface area contributed by atoms with Gasteiger partial charge in [0.1, 0.15) is 7.05 Å². The number of carbonyl (C=O) groups excluding carboxylic acids is 1. The van der Waals surface area contributed by atoms with Crippen molar-refractivity contribution in [2.24, 2.45) is 0 Å². The zero-order chi connectivity index (χ0) is 6.78. The second-order valence-corrected chi connectivity index (χ2v) is 3.43. The van der Waals surface area contributed by atoms with Crippen molar-refractivity contribution < 1.29 is 13.2 Å². The summed E-state index contributed by atoms with van der Waals surface area (Å²) in [7, 11) is -2.10. The molecule has 5 heteroatoms. The molecule has 0 aromatic rings. The largest absolute Gasteiger partial charge is 0.365 e. The van der Waals surface area contributed by atoms with Crippen molar-refractivity contribution in [1.29, 1.82) is 0 Å². The standard InChI is InChI=1S/C3H7NO3S/c1-4(3-5)8(2,6)7/h3H,1-2H3/q+1. The summed E-state index contributed by atoms with van der Waals surface area (Å²) in [6.07, 6.45) is 1.21. The van der Waals surface area contributed by atoms with E-state index >= 15 is 0 Å². The van der Waals surface area contributed by atoms with E-state index in [2.05, 4.69) is 0 Å². The third kappa shape index (κ3) is 2.04. The predicted octanol–water partition coefficient (Wildman–Crippen LogP) is -1.13. The molecule has 0 aromatic carbocycles. The molecule has 0 heterocycles. The zero-order valence-electron chi connectivity index (χ0n) is 4.66. The van der Waals surface area contributed by atoms with Gasteiger partial charge in [-0.1, -0.05) is 0 Å². The molecule has 0 aliphatic heterocycles. The number of amides is 1. The highest BCUT2D eigenvalue weighted by molar-refractivity contribution is 7.89. The van der Waals surface area contributed by atoms with Crippen LogP contribution in [-0.4, -0.2) is 28.1 Å². The smallest absolute Gasteiger partial charge is 0.227 e. The minimum absolute atomic E-state index is 0.245. The van der Waals surface area contributed by atoms with E-state index in [1.807, 2.05) is 0 Å². The molecule has 4 nitrogen and oxygen atoms in total. The Bertz CT molecular complexity index is 171. The van der Waals surface area contributed by atoms with Crippen molar-refractivity contribution in [3.63, 3.8) is 0 Å². The van der Waals surface area contributed by atoms with Crippen molar-refractivity contribution in [2.45, 2.75) is 0 Å². The molecule has 47 valence electrons. The lowest BCUT2D eigenvalue weighted by Gasteiger charge is -1.88. The van der Waals surface area contributed by atoms with Crippen molar-refractivity contribution in [2.75, 3.05) is 13.3 Å². The SMILES string of the molecule is C[N+](C=O)S(C)(=O)=O. The van der Waals surface area contributed by atoms with E-state index in [0.717, 1.165) is 6.26 Å². The summed E-state index contributed by atoms with van der Waals surface area (Å²) in [4.78, 5) is 9.70. The van der Waals surface area contributed by atoms with Crippen molar-refractivity contribution in [1.82, 2.24) is 4.31 Å². The first-order valence-corrected chi connectivity index (χ1v) is 3.71. The second-order valence-electron chi connectivity index (χ2n) is 1.38. The van der Waals surface area contributed by atoms with Gasteiger partial charge in [-0.25, -0.2) is 4.79 Å². The predicted molar refractivity (Wildman–Crippen MR) is 29.0 cm³/mol. The van der Waals surface area contributed by atoms with Crippen LogP contribution in [0.5, 0.6) is 0 Å². The van der Waals surface area contributed by atoms with Gasteiger partial charge in [-0.3, -0.25) is 0 Å². The highest BCUT2D eigenvalue weighted by Crippen LogP contribution is 1.79. The molecule has 0 saturated carbocycles. The molecule has 0 fully saturated rings. The highest BCUT2D eigenvalue weighted by Gasteiger charge is 2.19. The molecule has 0 saturated heterocycles. The van der Waals surface area contributed by atoms with Gasteiger partial charge in [0.25, 0.3) is 0 Å². The summed E-state index contributed by atoms with van der Waals surface area (Å²) < 4.78 is 21.1. The Hall–Kier alpha value is -0.420. The summed E-state index contributed by atoms with van der Waals surface area (Å²) in [6, 6.07) is 0. The number of hydrogen-bond acceptors (Lipinski definition) is 3. The van der Waals surface area contributed by atoms with Crippen LogP contribution in [0, 0.1) is 0 Å². The normalized spacial score (nSPS) is 11.9. The first-order chi connectivity index (χ1) is 3.48. The van der Waals surface area contributed by atoms with Crippen LogP contribution in [0.2, 0.25) is 0 Å². The van der Waals surface area contributed by atoms with Crippen molar-refractivity contribution in [3.05, 3.63) is 0 Å². The van der Waals surface area contributed by atoms with E-state index in [4.69, 9.17) is 0 Å². The van der Waals surface area contributed by atoms with Crippen LogP contribution in [-0.2, 0) is 14.8 Å². The van der Waals surface area contributed by atoms with Gasteiger partial charge in [0, 0.05) is 4.31 Å². The molecule has 0 spiro atoms. The van der Waals surface area contributed by atoms with Gasteiger partial charge in [-0.2, -0.15) is 8.42 Å². The Balaban J connectivity index is 4.26. The fourth-order valence-electron chi connectivity index (χ4n) is 0.0782. The van der Waals surface area contributed by atoms with E-state index in [9.17, 15) is 13.2 Å². The maximum Gasteiger partial charge on any atom is 0.365 e. The van der Waals surface area contributed by atoms with Gasteiger partial charge in [-0.15, -0.1) is 0 Å². The Labute approximate surface area is 48.2 Å². The van der Waals surface area contributed by atoms with E-state index in [1.165, 1.54) is 7.05 Å². The molecule has 1 amide bonds. The van der Waals surface area contributed by atoms with Gasteiger partial charge >= 0.3 is 16.4 Å². The fourth-order valence-corrected chi connectivity index (χ4v) is 0.235. The van der Waals surface area contributed by atoms with E-state index in [-0.39, 0.29) is 6.41 Å². The Morgan fingerprint density at radius 1 is 1.50 bits per heavy atom. The number of nitrogens with zero attached hydrogens (tertiary/aromatic N) is 1. The lowest BCUT2D eigenvalue weighted by molar-refractivity contribution is -0.110. The van der Waals surface area contributed by atoms with Crippen LogP contribution >= 0.6 is 0 Å². The molecule has 1 radical (unpaired) electrons. The summed E-state index contributed by atoms with van der Waals surface area (Å²) >= 11 is 0. The molecule has 0 rings (SSSR count). The maximum absolute atomic E-state index is 10.3. The van der Waals surface area contributed by atoms with Crippen LogP contribution < -0.4 is 4.31 Å². The molecule has 0 unspecified atom stereocenters. The number of sulfonamides is 1. The van der Waals surface area contributed by atoms with Gasteiger partial charge < -0.3 is 0 Å². The van der Waals surface area contributed by atoms with E-state index < -0.39 is 10.0 Å². The average molecular weight is 137 g/mol. The monoisotopic (exact) mass is 137 g/mol. The first kappa shape index (κ1) is 7.58. The molecule has 8 heavy (non-hydrogen) atoms. The van der Waals surface area contributed by atoms with Gasteiger partial charge in [-0.05, 0) is 0 Å². The molecular formula is C3H7NO3S+. The maximum atomic E-state index is 10.3. The molecule has 0 aliphatic carbocycles. The third-order valence-electron chi connectivity index (χ3n) is 0.672. The second kappa shape index (κ2) is 2.23. The highest BCUT2D eigenvalue weighted by atomic mass is 32.2. The van der Waals surface area contributed by atoms with Crippen LogP contribution in [0.15, 0.2) is 0 Å². The summed E-state index contributed by atoms with van der Waals surface area (Å²) in [5, 5.41) is 0.